The van der Waals surface area contributed by atoms with Gasteiger partial charge in [0.1, 0.15) is 18.5 Å². The van der Waals surface area contributed by atoms with Crippen molar-refractivity contribution in [2.45, 2.75) is 77.2 Å². The highest BCUT2D eigenvalue weighted by molar-refractivity contribution is 5.27. The number of allylic oxidation sites excluding steroid dienone is 2. The number of aryl methyl sites for hydroxylation is 1. The molecule has 2 heteroatoms. The predicted octanol–water partition coefficient (Wildman–Crippen LogP) is 6.09. The Morgan fingerprint density at radius 1 is 0.958 bits per heavy atom. The first kappa shape index (κ1) is 19.1. The topological polar surface area (TPSA) is 21.8 Å². The summed E-state index contributed by atoms with van der Waals surface area (Å²) in [5, 5.41) is 0. The lowest BCUT2D eigenvalue weighted by Gasteiger charge is -2.05. The van der Waals surface area contributed by atoms with E-state index in [1.807, 2.05) is 0 Å². The van der Waals surface area contributed by atoms with Crippen molar-refractivity contribution in [2.24, 2.45) is 0 Å². The summed E-state index contributed by atoms with van der Waals surface area (Å²) in [7, 11) is 0. The van der Waals surface area contributed by atoms with Gasteiger partial charge in [0, 0.05) is 0 Å². The fourth-order valence-corrected chi connectivity index (χ4v) is 2.81. The van der Waals surface area contributed by atoms with E-state index in [-0.39, 0.29) is 0 Å². The summed E-state index contributed by atoms with van der Waals surface area (Å²) >= 11 is 0. The van der Waals surface area contributed by atoms with Crippen molar-refractivity contribution in [3.05, 3.63) is 42.0 Å². The molecule has 1 aromatic carbocycles. The zero-order valence-corrected chi connectivity index (χ0v) is 15.3. The molecule has 1 unspecified atom stereocenters. The molecule has 24 heavy (non-hydrogen) atoms. The van der Waals surface area contributed by atoms with Gasteiger partial charge in [0.25, 0.3) is 0 Å². The first-order valence-electron chi connectivity index (χ1n) is 9.87. The Labute approximate surface area is 148 Å². The molecule has 0 radical (unpaired) electrons. The zero-order valence-electron chi connectivity index (χ0n) is 15.3. The molecule has 134 valence electrons. The lowest BCUT2D eigenvalue weighted by Crippen LogP contribution is -2.03. The van der Waals surface area contributed by atoms with Crippen LogP contribution in [-0.2, 0) is 11.2 Å². The molecule has 0 aliphatic carbocycles. The Balaban J connectivity index is 1.45. The second kappa shape index (κ2) is 12.1. The molecule has 1 saturated heterocycles. The molecule has 2 rings (SSSR count). The Morgan fingerprint density at radius 2 is 1.62 bits per heavy atom. The first-order valence-corrected chi connectivity index (χ1v) is 9.87. The molecule has 0 saturated carbocycles. The number of hydrogen-bond acceptors (Lipinski definition) is 2. The number of ether oxygens (including phenoxy) is 2. The fourth-order valence-electron chi connectivity index (χ4n) is 2.81. The monoisotopic (exact) mass is 330 g/mol. The third kappa shape index (κ3) is 9.12. The van der Waals surface area contributed by atoms with E-state index in [9.17, 15) is 0 Å². The SMILES string of the molecule is CCCCCCCCC/C=C/CCc1ccc(OCC2CO2)cc1. The van der Waals surface area contributed by atoms with Crippen LogP contribution in [0.3, 0.4) is 0 Å². The smallest absolute Gasteiger partial charge is 0.119 e. The number of rotatable bonds is 14. The van der Waals surface area contributed by atoms with Crippen LogP contribution in [-0.4, -0.2) is 19.3 Å². The largest absolute Gasteiger partial charge is 0.491 e. The quantitative estimate of drug-likeness (QED) is 0.234. The van der Waals surface area contributed by atoms with E-state index in [1.165, 1.54) is 56.9 Å². The molecular formula is C22H34O2. The number of unbranched alkanes of at least 4 members (excludes halogenated alkanes) is 7. The van der Waals surface area contributed by atoms with Gasteiger partial charge in [-0.25, -0.2) is 0 Å². The van der Waals surface area contributed by atoms with E-state index in [0.717, 1.165) is 25.2 Å². The maximum Gasteiger partial charge on any atom is 0.119 e. The molecule has 0 N–H and O–H groups in total. The van der Waals surface area contributed by atoms with Gasteiger partial charge in [-0.05, 0) is 43.4 Å². The van der Waals surface area contributed by atoms with Gasteiger partial charge in [0.15, 0.2) is 0 Å². The number of benzene rings is 1. The molecule has 1 aromatic rings. The van der Waals surface area contributed by atoms with Gasteiger partial charge in [-0.2, -0.15) is 0 Å². The van der Waals surface area contributed by atoms with Crippen molar-refractivity contribution in [1.29, 1.82) is 0 Å². The third-order valence-corrected chi connectivity index (χ3v) is 4.50. The molecule has 1 aliphatic rings. The summed E-state index contributed by atoms with van der Waals surface area (Å²) in [6.45, 7) is 3.81. The highest BCUT2D eigenvalue weighted by Gasteiger charge is 2.22. The van der Waals surface area contributed by atoms with Crippen molar-refractivity contribution >= 4 is 0 Å². The standard InChI is InChI=1S/C22H34O2/c1-2-3-4-5-6-7-8-9-10-11-12-13-20-14-16-21(17-15-20)23-18-22-19-24-22/h10-11,14-17,22H,2-9,12-13,18-19H2,1H3/b11-10+. The van der Waals surface area contributed by atoms with Gasteiger partial charge < -0.3 is 9.47 Å². The average Bonchev–Trinajstić information content (AvgIpc) is 3.43. The van der Waals surface area contributed by atoms with E-state index in [0.29, 0.717) is 12.7 Å². The first-order chi connectivity index (χ1) is 11.9. The van der Waals surface area contributed by atoms with Crippen LogP contribution in [0.5, 0.6) is 5.75 Å². The Hall–Kier alpha value is -1.28. The summed E-state index contributed by atoms with van der Waals surface area (Å²) in [4.78, 5) is 0. The van der Waals surface area contributed by atoms with E-state index >= 15 is 0 Å². The molecule has 1 fully saturated rings. The van der Waals surface area contributed by atoms with E-state index in [4.69, 9.17) is 9.47 Å². The maximum absolute atomic E-state index is 5.66. The normalized spacial score (nSPS) is 16.6. The van der Waals surface area contributed by atoms with E-state index in [2.05, 4.69) is 43.3 Å². The van der Waals surface area contributed by atoms with Gasteiger partial charge in [-0.3, -0.25) is 0 Å². The molecule has 1 atom stereocenters. The molecule has 1 heterocycles. The molecule has 1 aliphatic heterocycles. The van der Waals surface area contributed by atoms with Gasteiger partial charge >= 0.3 is 0 Å². The number of epoxide rings is 1. The summed E-state index contributed by atoms with van der Waals surface area (Å²) in [5.74, 6) is 0.948. The fraction of sp³-hybridized carbons (Fsp3) is 0.636. The van der Waals surface area contributed by atoms with Crippen LogP contribution in [0.25, 0.3) is 0 Å². The van der Waals surface area contributed by atoms with Crippen LogP contribution in [0.1, 0.15) is 70.3 Å². The lowest BCUT2D eigenvalue weighted by molar-refractivity contribution is 0.263. The van der Waals surface area contributed by atoms with Crippen LogP contribution >= 0.6 is 0 Å². The summed E-state index contributed by atoms with van der Waals surface area (Å²) < 4.78 is 10.8. The van der Waals surface area contributed by atoms with Crippen LogP contribution in [0.4, 0.5) is 0 Å². The van der Waals surface area contributed by atoms with Crippen LogP contribution in [0.2, 0.25) is 0 Å². The average molecular weight is 331 g/mol. The minimum atomic E-state index is 0.325. The van der Waals surface area contributed by atoms with Gasteiger partial charge in [0.05, 0.1) is 6.61 Å². The van der Waals surface area contributed by atoms with Crippen LogP contribution in [0.15, 0.2) is 36.4 Å². The van der Waals surface area contributed by atoms with Gasteiger partial charge in [-0.1, -0.05) is 69.7 Å². The minimum absolute atomic E-state index is 0.325. The van der Waals surface area contributed by atoms with Gasteiger partial charge in [-0.15, -0.1) is 0 Å². The zero-order chi connectivity index (χ0) is 16.9. The van der Waals surface area contributed by atoms with E-state index < -0.39 is 0 Å². The van der Waals surface area contributed by atoms with Crippen molar-refractivity contribution in [3.8, 4) is 5.75 Å². The predicted molar refractivity (Wildman–Crippen MR) is 102 cm³/mol. The molecule has 2 nitrogen and oxygen atoms in total. The lowest BCUT2D eigenvalue weighted by atomic mass is 10.1. The van der Waals surface area contributed by atoms with Crippen molar-refractivity contribution in [1.82, 2.24) is 0 Å². The summed E-state index contributed by atoms with van der Waals surface area (Å²) in [6.07, 6.45) is 18.2. The van der Waals surface area contributed by atoms with Crippen molar-refractivity contribution in [2.75, 3.05) is 13.2 Å². The van der Waals surface area contributed by atoms with Crippen LogP contribution in [0, 0.1) is 0 Å². The second-order valence-corrected chi connectivity index (χ2v) is 6.83. The van der Waals surface area contributed by atoms with Crippen molar-refractivity contribution in [3.63, 3.8) is 0 Å². The molecular weight excluding hydrogens is 296 g/mol. The Kier molecular flexibility index (Phi) is 9.63. The molecule has 0 aromatic heterocycles. The highest BCUT2D eigenvalue weighted by atomic mass is 16.6. The maximum atomic E-state index is 5.66. The van der Waals surface area contributed by atoms with Crippen molar-refractivity contribution < 1.29 is 9.47 Å². The molecule has 0 bridgehead atoms. The minimum Gasteiger partial charge on any atom is -0.491 e. The molecule has 0 amide bonds. The summed E-state index contributed by atoms with van der Waals surface area (Å²) in [6, 6.07) is 8.49. The van der Waals surface area contributed by atoms with Crippen LogP contribution < -0.4 is 4.74 Å². The van der Waals surface area contributed by atoms with E-state index in [1.54, 1.807) is 0 Å². The number of hydrogen-bond donors (Lipinski definition) is 0. The summed E-state index contributed by atoms with van der Waals surface area (Å²) in [5.41, 5.74) is 1.38. The Morgan fingerprint density at radius 3 is 2.33 bits per heavy atom. The molecule has 0 spiro atoms. The highest BCUT2D eigenvalue weighted by Crippen LogP contribution is 2.16. The Bertz CT molecular complexity index is 446. The second-order valence-electron chi connectivity index (χ2n) is 6.83. The third-order valence-electron chi connectivity index (χ3n) is 4.50. The van der Waals surface area contributed by atoms with Gasteiger partial charge in [0.2, 0.25) is 0 Å².